The first-order valence-electron chi connectivity index (χ1n) is 8.56. The average Bonchev–Trinajstić information content (AvgIpc) is 2.85. The molecule has 11 heteroatoms. The Morgan fingerprint density at radius 1 is 1.00 bits per heavy atom. The molecule has 0 saturated heterocycles. The predicted octanol–water partition coefficient (Wildman–Crippen LogP) is 3.16. The fourth-order valence-electron chi connectivity index (χ4n) is 3.01. The van der Waals surface area contributed by atoms with Crippen molar-refractivity contribution in [3.05, 3.63) is 54.1 Å². The second-order valence-corrected chi connectivity index (χ2v) is 8.04. The number of fused-ring (bicyclic) bond motifs is 1. The topological polar surface area (TPSA) is 55.9 Å². The van der Waals surface area contributed by atoms with Crippen LogP contribution in [0.3, 0.4) is 0 Å². The van der Waals surface area contributed by atoms with Gasteiger partial charge in [-0.2, -0.15) is 8.42 Å². The highest BCUT2D eigenvalue weighted by molar-refractivity contribution is 7.95. The number of hydrogen-bond acceptors (Lipinski definition) is 4. The molecule has 0 saturated carbocycles. The van der Waals surface area contributed by atoms with E-state index in [9.17, 15) is 17.2 Å². The summed E-state index contributed by atoms with van der Waals surface area (Å²) in [6, 6.07) is 9.58. The molecule has 0 aliphatic carbocycles. The highest BCUT2D eigenvalue weighted by atomic mass is 35.5. The van der Waals surface area contributed by atoms with Crippen molar-refractivity contribution >= 4 is 52.1 Å². The first kappa shape index (κ1) is 25.4. The Bertz CT molecular complexity index is 934. The molecule has 3 rings (SSSR count). The third kappa shape index (κ3) is 5.10. The number of hydrogen-bond donors (Lipinski definition) is 1. The van der Waals surface area contributed by atoms with Gasteiger partial charge in [-0.05, 0) is 38.4 Å². The number of rotatable bonds is 7. The zero-order chi connectivity index (χ0) is 19.6. The number of likely N-dealkylation sites (N-methyl/N-ethyl adjacent to an activating group) is 2. The van der Waals surface area contributed by atoms with Crippen molar-refractivity contribution in [3.8, 4) is 0 Å². The summed E-state index contributed by atoms with van der Waals surface area (Å²) < 4.78 is 56.2. The van der Waals surface area contributed by atoms with Crippen LogP contribution < -0.4 is 13.9 Å². The van der Waals surface area contributed by atoms with Gasteiger partial charge in [-0.15, -0.1) is 24.8 Å². The minimum atomic E-state index is -4.03. The van der Waals surface area contributed by atoms with Crippen molar-refractivity contribution in [2.24, 2.45) is 0 Å². The van der Waals surface area contributed by atoms with Crippen LogP contribution in [0, 0.1) is 11.6 Å². The molecule has 0 fully saturated rings. The van der Waals surface area contributed by atoms with Gasteiger partial charge in [-0.25, -0.2) is 17.4 Å². The molecule has 0 unspecified atom stereocenters. The van der Waals surface area contributed by atoms with Crippen molar-refractivity contribution in [2.75, 3.05) is 48.9 Å². The van der Waals surface area contributed by atoms with E-state index in [1.165, 1.54) is 4.31 Å². The van der Waals surface area contributed by atoms with E-state index in [0.29, 0.717) is 24.0 Å². The lowest BCUT2D eigenvalue weighted by Gasteiger charge is -2.24. The maximum absolute atomic E-state index is 14.3. The van der Waals surface area contributed by atoms with Crippen LogP contribution in [-0.4, -0.2) is 53.6 Å². The van der Waals surface area contributed by atoms with Gasteiger partial charge in [0.05, 0.1) is 17.1 Å². The van der Waals surface area contributed by atoms with Gasteiger partial charge in [-0.3, -0.25) is 0 Å². The first-order valence-corrected chi connectivity index (χ1v) is 9.96. The van der Waals surface area contributed by atoms with Crippen LogP contribution in [0.5, 0.6) is 0 Å². The molecule has 1 N–H and O–H groups in total. The Morgan fingerprint density at radius 3 is 2.28 bits per heavy atom. The van der Waals surface area contributed by atoms with Crippen LogP contribution in [0.1, 0.15) is 0 Å². The third-order valence-corrected chi connectivity index (χ3v) is 6.23. The smallest absolute Gasteiger partial charge is 0.318 e. The van der Waals surface area contributed by atoms with Gasteiger partial charge in [0.2, 0.25) is 0 Å². The number of nitrogens with zero attached hydrogens (tertiary/aromatic N) is 3. The van der Waals surface area contributed by atoms with Crippen molar-refractivity contribution in [2.45, 2.75) is 0 Å². The zero-order valence-electron chi connectivity index (χ0n) is 16.0. The molecule has 0 spiro atoms. The summed E-state index contributed by atoms with van der Waals surface area (Å²) in [5.41, 5.74) is 0.624. The van der Waals surface area contributed by atoms with Crippen molar-refractivity contribution in [1.29, 1.82) is 0 Å². The summed E-state index contributed by atoms with van der Waals surface area (Å²) in [5.74, 6) is -1.69. The molecular formula is C18H24Cl2F2N4O2S. The van der Waals surface area contributed by atoms with E-state index in [4.69, 9.17) is 0 Å². The molecule has 2 aromatic carbocycles. The maximum Gasteiger partial charge on any atom is 0.331 e. The number of nitrogens with one attached hydrogen (secondary N) is 1. The summed E-state index contributed by atoms with van der Waals surface area (Å²) in [4.78, 5) is 2.01. The molecule has 0 amide bonds. The average molecular weight is 469 g/mol. The summed E-state index contributed by atoms with van der Waals surface area (Å²) >= 11 is 0. The van der Waals surface area contributed by atoms with Crippen LogP contribution in [0.4, 0.5) is 25.8 Å². The summed E-state index contributed by atoms with van der Waals surface area (Å²) in [5, 5.41) is 3.04. The van der Waals surface area contributed by atoms with Gasteiger partial charge < -0.3 is 10.2 Å². The molecule has 0 aromatic heterocycles. The Balaban J connectivity index is 0.00000210. The number of benzene rings is 2. The van der Waals surface area contributed by atoms with Crippen molar-refractivity contribution in [1.82, 2.24) is 10.2 Å². The van der Waals surface area contributed by atoms with E-state index in [1.807, 2.05) is 19.0 Å². The molecule has 0 bridgehead atoms. The van der Waals surface area contributed by atoms with Gasteiger partial charge in [0.15, 0.2) is 5.82 Å². The van der Waals surface area contributed by atoms with E-state index in [2.05, 4.69) is 5.32 Å². The lowest BCUT2D eigenvalue weighted by Crippen LogP contribution is -2.41. The van der Waals surface area contributed by atoms with Gasteiger partial charge in [0, 0.05) is 32.2 Å². The van der Waals surface area contributed by atoms with E-state index in [-0.39, 0.29) is 37.0 Å². The molecular weight excluding hydrogens is 445 g/mol. The highest BCUT2D eigenvalue weighted by Gasteiger charge is 2.42. The molecule has 29 heavy (non-hydrogen) atoms. The number of halogens is 4. The maximum atomic E-state index is 14.3. The van der Waals surface area contributed by atoms with Crippen molar-refractivity contribution in [3.63, 3.8) is 0 Å². The summed E-state index contributed by atoms with van der Waals surface area (Å²) in [7, 11) is -0.272. The Morgan fingerprint density at radius 2 is 1.66 bits per heavy atom. The zero-order valence-corrected chi connectivity index (χ0v) is 18.5. The third-order valence-electron chi connectivity index (χ3n) is 4.44. The molecule has 1 aliphatic heterocycles. The fourth-order valence-corrected chi connectivity index (χ4v) is 4.72. The molecule has 0 radical (unpaired) electrons. The number of para-hydroxylation sites is 2. The SMILES string of the molecule is CNCCN(C)CCN1c2ccccc2N(c2ccc(F)cc2F)S1(=O)=O.Cl.Cl. The second-order valence-electron chi connectivity index (χ2n) is 6.34. The molecule has 1 heterocycles. The molecule has 6 nitrogen and oxygen atoms in total. The standard InChI is InChI=1S/C18H22F2N4O2S.2ClH/c1-21-9-10-22(2)11-12-23-17-5-3-4-6-18(17)24(27(23,25)26)16-8-7-14(19)13-15(16)20;;/h3-8,13,21H,9-12H2,1-2H3;2*1H. The minimum Gasteiger partial charge on any atom is -0.318 e. The van der Waals surface area contributed by atoms with Gasteiger partial charge in [0.25, 0.3) is 0 Å². The highest BCUT2D eigenvalue weighted by Crippen LogP contribution is 2.45. The minimum absolute atomic E-state index is 0. The van der Waals surface area contributed by atoms with Crippen LogP contribution in [0.2, 0.25) is 0 Å². The van der Waals surface area contributed by atoms with E-state index in [1.54, 1.807) is 24.3 Å². The van der Waals surface area contributed by atoms with Crippen LogP contribution in [0.15, 0.2) is 42.5 Å². The molecule has 162 valence electrons. The molecule has 1 aliphatic rings. The summed E-state index contributed by atoms with van der Waals surface area (Å²) in [6.45, 7) is 2.28. The largest absolute Gasteiger partial charge is 0.331 e. The lowest BCUT2D eigenvalue weighted by molar-refractivity contribution is 0.345. The van der Waals surface area contributed by atoms with Crippen molar-refractivity contribution < 1.29 is 17.2 Å². The molecule has 2 aromatic rings. The van der Waals surface area contributed by atoms with E-state index >= 15 is 0 Å². The van der Waals surface area contributed by atoms with E-state index in [0.717, 1.165) is 29.5 Å². The predicted molar refractivity (Wildman–Crippen MR) is 117 cm³/mol. The number of anilines is 3. The second kappa shape index (κ2) is 10.4. The van der Waals surface area contributed by atoms with Gasteiger partial charge in [0.1, 0.15) is 5.82 Å². The lowest BCUT2D eigenvalue weighted by atomic mass is 10.2. The van der Waals surface area contributed by atoms with Gasteiger partial charge in [-0.1, -0.05) is 12.1 Å². The Hall–Kier alpha value is -1.65. The van der Waals surface area contributed by atoms with E-state index < -0.39 is 21.8 Å². The van der Waals surface area contributed by atoms with Crippen LogP contribution in [-0.2, 0) is 10.2 Å². The molecule has 0 atom stereocenters. The van der Waals surface area contributed by atoms with Crippen LogP contribution in [0.25, 0.3) is 0 Å². The van der Waals surface area contributed by atoms with Crippen LogP contribution >= 0.6 is 24.8 Å². The normalized spacial score (nSPS) is 14.4. The Kier molecular flexibility index (Phi) is 9.10. The Labute approximate surface area is 182 Å². The monoisotopic (exact) mass is 468 g/mol. The first-order chi connectivity index (χ1) is 12.9. The fraction of sp³-hybridized carbons (Fsp3) is 0.333. The quantitative estimate of drug-likeness (QED) is 0.677. The van der Waals surface area contributed by atoms with Gasteiger partial charge >= 0.3 is 10.2 Å². The summed E-state index contributed by atoms with van der Waals surface area (Å²) in [6.07, 6.45) is 0.